The van der Waals surface area contributed by atoms with Crippen LogP contribution in [0.2, 0.25) is 0 Å². The Bertz CT molecular complexity index is 825. The molecule has 0 aliphatic heterocycles. The largest absolute Gasteiger partial charge is 0.486 e. The number of benzene rings is 2. The zero-order valence-corrected chi connectivity index (χ0v) is 15.8. The first kappa shape index (κ1) is 17.3. The van der Waals surface area contributed by atoms with Crippen LogP contribution in [0, 0.1) is 12.8 Å². The predicted molar refractivity (Wildman–Crippen MR) is 106 cm³/mol. The summed E-state index contributed by atoms with van der Waals surface area (Å²) >= 11 is 1.67. The summed E-state index contributed by atoms with van der Waals surface area (Å²) in [6, 6.07) is 19.3. The van der Waals surface area contributed by atoms with Crippen LogP contribution in [0.4, 0.5) is 0 Å². The van der Waals surface area contributed by atoms with Crippen molar-refractivity contribution in [1.82, 2.24) is 10.3 Å². The van der Waals surface area contributed by atoms with Gasteiger partial charge in [0.15, 0.2) is 0 Å². The first-order chi connectivity index (χ1) is 12.8. The monoisotopic (exact) mass is 364 g/mol. The van der Waals surface area contributed by atoms with Crippen molar-refractivity contribution in [2.45, 2.75) is 39.0 Å². The fourth-order valence-electron chi connectivity index (χ4n) is 3.14. The molecule has 134 valence electrons. The van der Waals surface area contributed by atoms with Gasteiger partial charge >= 0.3 is 0 Å². The van der Waals surface area contributed by atoms with E-state index in [4.69, 9.17) is 9.72 Å². The fourth-order valence-corrected chi connectivity index (χ4v) is 3.84. The molecule has 4 rings (SSSR count). The van der Waals surface area contributed by atoms with Crippen LogP contribution in [0.5, 0.6) is 5.75 Å². The summed E-state index contributed by atoms with van der Waals surface area (Å²) in [6.07, 6.45) is 2.64. The molecule has 1 atom stereocenters. The standard InChI is InChI=1S/C22H24N2OS/c1-16-7-11-20(12-8-16)25-14-21-24-19(15-26-21)13-23-22(18-9-10-18)17-5-3-2-4-6-17/h2-8,11-12,15,18,22-23H,9-10,13-14H2,1H3. The highest BCUT2D eigenvalue weighted by atomic mass is 32.1. The van der Waals surface area contributed by atoms with E-state index < -0.39 is 0 Å². The van der Waals surface area contributed by atoms with E-state index in [0.29, 0.717) is 12.6 Å². The summed E-state index contributed by atoms with van der Waals surface area (Å²) in [4.78, 5) is 4.72. The van der Waals surface area contributed by atoms with Gasteiger partial charge in [-0.2, -0.15) is 0 Å². The summed E-state index contributed by atoms with van der Waals surface area (Å²) in [6.45, 7) is 3.41. The lowest BCUT2D eigenvalue weighted by molar-refractivity contribution is 0.305. The number of nitrogens with one attached hydrogen (secondary N) is 1. The van der Waals surface area contributed by atoms with Crippen molar-refractivity contribution in [2.75, 3.05) is 0 Å². The van der Waals surface area contributed by atoms with Crippen LogP contribution in [-0.2, 0) is 13.2 Å². The highest BCUT2D eigenvalue weighted by molar-refractivity contribution is 7.09. The van der Waals surface area contributed by atoms with Gasteiger partial charge in [-0.05, 0) is 43.4 Å². The molecule has 26 heavy (non-hydrogen) atoms. The van der Waals surface area contributed by atoms with Crippen molar-refractivity contribution in [2.24, 2.45) is 5.92 Å². The van der Waals surface area contributed by atoms with Crippen LogP contribution in [0.25, 0.3) is 0 Å². The van der Waals surface area contributed by atoms with Crippen molar-refractivity contribution in [3.8, 4) is 5.75 Å². The second-order valence-corrected chi connectivity index (χ2v) is 7.88. The minimum absolute atomic E-state index is 0.435. The van der Waals surface area contributed by atoms with Gasteiger partial charge in [0.05, 0.1) is 5.69 Å². The van der Waals surface area contributed by atoms with Crippen molar-refractivity contribution < 1.29 is 4.74 Å². The third-order valence-electron chi connectivity index (χ3n) is 4.74. The van der Waals surface area contributed by atoms with Crippen molar-refractivity contribution >= 4 is 11.3 Å². The summed E-state index contributed by atoms with van der Waals surface area (Å²) in [5.41, 5.74) is 3.72. The highest BCUT2D eigenvalue weighted by Crippen LogP contribution is 2.41. The van der Waals surface area contributed by atoms with E-state index in [0.717, 1.165) is 28.9 Å². The number of hydrogen-bond acceptors (Lipinski definition) is 4. The van der Waals surface area contributed by atoms with E-state index in [1.165, 1.54) is 24.0 Å². The summed E-state index contributed by atoms with van der Waals surface area (Å²) in [5.74, 6) is 1.66. The highest BCUT2D eigenvalue weighted by Gasteiger charge is 2.31. The Kier molecular flexibility index (Phi) is 5.32. The van der Waals surface area contributed by atoms with Gasteiger partial charge in [-0.25, -0.2) is 4.98 Å². The molecule has 1 saturated carbocycles. The number of ether oxygens (including phenoxy) is 1. The smallest absolute Gasteiger partial charge is 0.140 e. The van der Waals surface area contributed by atoms with Gasteiger partial charge in [-0.1, -0.05) is 48.0 Å². The number of thiazole rings is 1. The Hall–Kier alpha value is -2.17. The maximum Gasteiger partial charge on any atom is 0.140 e. The van der Waals surface area contributed by atoms with E-state index in [9.17, 15) is 0 Å². The Balaban J connectivity index is 1.32. The molecule has 0 bridgehead atoms. The van der Waals surface area contributed by atoms with Crippen LogP contribution < -0.4 is 10.1 Å². The van der Waals surface area contributed by atoms with E-state index in [2.05, 4.69) is 60.1 Å². The number of aryl methyl sites for hydroxylation is 1. The summed E-state index contributed by atoms with van der Waals surface area (Å²) in [7, 11) is 0. The quantitative estimate of drug-likeness (QED) is 0.591. The molecule has 1 fully saturated rings. The van der Waals surface area contributed by atoms with Gasteiger partial charge < -0.3 is 10.1 Å². The van der Waals surface area contributed by atoms with E-state index in [1.807, 2.05) is 12.1 Å². The molecule has 1 aromatic heterocycles. The number of nitrogens with zero attached hydrogens (tertiary/aromatic N) is 1. The van der Waals surface area contributed by atoms with Crippen LogP contribution in [-0.4, -0.2) is 4.98 Å². The van der Waals surface area contributed by atoms with Crippen molar-refractivity contribution in [3.05, 3.63) is 81.8 Å². The molecule has 3 aromatic rings. The molecule has 0 amide bonds. The second-order valence-electron chi connectivity index (χ2n) is 6.94. The third kappa shape index (κ3) is 4.51. The molecule has 0 radical (unpaired) electrons. The molecular formula is C22H24N2OS. The second kappa shape index (κ2) is 8.02. The summed E-state index contributed by atoms with van der Waals surface area (Å²) < 4.78 is 5.83. The van der Waals surface area contributed by atoms with Gasteiger partial charge in [-0.15, -0.1) is 11.3 Å². The van der Waals surface area contributed by atoms with Gasteiger partial charge in [0.2, 0.25) is 0 Å². The fraction of sp³-hybridized carbons (Fsp3) is 0.318. The molecule has 1 aliphatic rings. The molecule has 2 aromatic carbocycles. The van der Waals surface area contributed by atoms with E-state index in [1.54, 1.807) is 11.3 Å². The van der Waals surface area contributed by atoms with E-state index >= 15 is 0 Å². The van der Waals surface area contributed by atoms with Crippen LogP contribution >= 0.6 is 11.3 Å². The molecular weight excluding hydrogens is 340 g/mol. The minimum atomic E-state index is 0.435. The van der Waals surface area contributed by atoms with Crippen LogP contribution in [0.15, 0.2) is 60.0 Å². The molecule has 0 spiro atoms. The van der Waals surface area contributed by atoms with Crippen LogP contribution in [0.3, 0.4) is 0 Å². The molecule has 0 saturated heterocycles. The number of rotatable bonds is 8. The Labute approximate surface area is 159 Å². The molecule has 1 N–H and O–H groups in total. The van der Waals surface area contributed by atoms with Gasteiger partial charge in [0, 0.05) is 18.0 Å². The molecule has 4 heteroatoms. The SMILES string of the molecule is Cc1ccc(OCc2nc(CNC(c3ccccc3)C3CC3)cs2)cc1. The first-order valence-electron chi connectivity index (χ1n) is 9.19. The van der Waals surface area contributed by atoms with Gasteiger partial charge in [0.25, 0.3) is 0 Å². The molecule has 1 unspecified atom stereocenters. The van der Waals surface area contributed by atoms with Gasteiger partial charge in [-0.3, -0.25) is 0 Å². The number of hydrogen-bond donors (Lipinski definition) is 1. The van der Waals surface area contributed by atoms with Crippen LogP contribution in [0.1, 0.15) is 40.7 Å². The number of aromatic nitrogens is 1. The maximum atomic E-state index is 5.83. The van der Waals surface area contributed by atoms with Crippen molar-refractivity contribution in [3.63, 3.8) is 0 Å². The lowest BCUT2D eigenvalue weighted by Gasteiger charge is -2.18. The maximum absolute atomic E-state index is 5.83. The third-order valence-corrected chi connectivity index (χ3v) is 5.61. The first-order valence-corrected chi connectivity index (χ1v) is 10.1. The van der Waals surface area contributed by atoms with Gasteiger partial charge in [0.1, 0.15) is 17.4 Å². The van der Waals surface area contributed by atoms with Crippen molar-refractivity contribution in [1.29, 1.82) is 0 Å². The predicted octanol–water partition coefficient (Wildman–Crippen LogP) is 5.27. The Morgan fingerprint density at radius 2 is 1.88 bits per heavy atom. The zero-order chi connectivity index (χ0) is 17.8. The molecule has 3 nitrogen and oxygen atoms in total. The average Bonchev–Trinajstić information content (AvgIpc) is 3.41. The topological polar surface area (TPSA) is 34.1 Å². The Morgan fingerprint density at radius 1 is 1.12 bits per heavy atom. The lowest BCUT2D eigenvalue weighted by atomic mass is 10.0. The molecule has 1 aliphatic carbocycles. The van der Waals surface area contributed by atoms with E-state index in [-0.39, 0.29) is 0 Å². The lowest BCUT2D eigenvalue weighted by Crippen LogP contribution is -2.22. The Morgan fingerprint density at radius 3 is 2.62 bits per heavy atom. The minimum Gasteiger partial charge on any atom is -0.486 e. The normalized spacial score (nSPS) is 15.0. The average molecular weight is 365 g/mol. The zero-order valence-electron chi connectivity index (χ0n) is 15.0. The molecule has 1 heterocycles. The summed E-state index contributed by atoms with van der Waals surface area (Å²) in [5, 5.41) is 6.86.